The molecule has 94 valence electrons. The van der Waals surface area contributed by atoms with Crippen LogP contribution in [0.2, 0.25) is 0 Å². The van der Waals surface area contributed by atoms with Crippen LogP contribution in [0, 0.1) is 0 Å². The normalized spacial score (nSPS) is 15.7. The van der Waals surface area contributed by atoms with Crippen LogP contribution in [0.15, 0.2) is 27.8 Å². The van der Waals surface area contributed by atoms with Crippen LogP contribution < -0.4 is 16.1 Å². The van der Waals surface area contributed by atoms with E-state index in [0.717, 1.165) is 21.4 Å². The Morgan fingerprint density at radius 1 is 1.61 bits per heavy atom. The lowest BCUT2D eigenvalue weighted by molar-refractivity contribution is -0.116. The second kappa shape index (κ2) is 5.03. The van der Waals surface area contributed by atoms with Crippen molar-refractivity contribution < 1.29 is 4.79 Å². The summed E-state index contributed by atoms with van der Waals surface area (Å²) in [6.07, 6.45) is 0. The molecule has 0 radical (unpaired) electrons. The lowest BCUT2D eigenvalue weighted by Gasteiger charge is -2.13. The summed E-state index contributed by atoms with van der Waals surface area (Å²) in [5, 5.41) is 4.22. The molecule has 1 aliphatic heterocycles. The predicted molar refractivity (Wildman–Crippen MR) is 78.6 cm³/mol. The molecule has 1 heterocycles. The summed E-state index contributed by atoms with van der Waals surface area (Å²) in [6, 6.07) is 5.68. The third-order valence-electron chi connectivity index (χ3n) is 2.55. The zero-order chi connectivity index (χ0) is 13.3. The van der Waals surface area contributed by atoms with Gasteiger partial charge < -0.3 is 10.6 Å². The van der Waals surface area contributed by atoms with E-state index in [4.69, 9.17) is 18.0 Å². The van der Waals surface area contributed by atoms with Crippen LogP contribution in [0.1, 0.15) is 12.5 Å². The van der Waals surface area contributed by atoms with Gasteiger partial charge in [0.1, 0.15) is 0 Å². The molecule has 0 unspecified atom stereocenters. The maximum absolute atomic E-state index is 11.6. The molecule has 7 heteroatoms. The number of benzene rings is 1. The number of nitrogens with zero attached hydrogens (tertiary/aromatic N) is 2. The van der Waals surface area contributed by atoms with Crippen LogP contribution in [0.25, 0.3) is 0 Å². The van der Waals surface area contributed by atoms with E-state index in [1.807, 2.05) is 18.2 Å². The average Bonchev–Trinajstić information content (AvgIpc) is 2.64. The number of nitrogens with one attached hydrogen (secondary N) is 1. The highest BCUT2D eigenvalue weighted by Gasteiger charge is 2.27. The van der Waals surface area contributed by atoms with E-state index in [0.29, 0.717) is 6.54 Å². The van der Waals surface area contributed by atoms with Gasteiger partial charge in [-0.15, -0.1) is 0 Å². The standard InChI is InChI=1S/C11H11BrN4OS/c1-6(17)16-5-9(14-15-11(13)18)8-4-7(12)2-3-10(8)16/h2-4H,5H2,1H3,(H3,13,15,18)/b14-9-. The zero-order valence-electron chi connectivity index (χ0n) is 9.61. The number of halogens is 1. The summed E-state index contributed by atoms with van der Waals surface area (Å²) in [5.41, 5.74) is 10.4. The number of amides is 1. The third kappa shape index (κ3) is 2.51. The Kier molecular flexibility index (Phi) is 3.63. The Hall–Kier alpha value is -1.47. The van der Waals surface area contributed by atoms with Gasteiger partial charge in [-0.3, -0.25) is 10.2 Å². The fraction of sp³-hybridized carbons (Fsp3) is 0.182. The van der Waals surface area contributed by atoms with E-state index < -0.39 is 0 Å². The number of hydrogen-bond donors (Lipinski definition) is 2. The largest absolute Gasteiger partial charge is 0.375 e. The minimum absolute atomic E-state index is 0.0286. The highest BCUT2D eigenvalue weighted by Crippen LogP contribution is 2.30. The summed E-state index contributed by atoms with van der Waals surface area (Å²) >= 11 is 8.11. The van der Waals surface area contributed by atoms with Crippen molar-refractivity contribution in [1.82, 2.24) is 5.43 Å². The number of nitrogens with two attached hydrogens (primary N) is 1. The Morgan fingerprint density at radius 2 is 2.33 bits per heavy atom. The van der Waals surface area contributed by atoms with E-state index in [1.54, 1.807) is 4.90 Å². The molecular formula is C11H11BrN4OS. The molecule has 0 saturated carbocycles. The SMILES string of the molecule is CC(=O)N1C/C(=N/NC(N)=S)c2cc(Br)ccc21. The number of hydrogen-bond acceptors (Lipinski definition) is 3. The lowest BCUT2D eigenvalue weighted by Crippen LogP contribution is -2.30. The van der Waals surface area contributed by atoms with Crippen LogP contribution in [-0.4, -0.2) is 23.3 Å². The number of fused-ring (bicyclic) bond motifs is 1. The molecule has 0 saturated heterocycles. The lowest BCUT2D eigenvalue weighted by atomic mass is 10.1. The molecule has 1 aromatic rings. The molecule has 0 aromatic heterocycles. The average molecular weight is 327 g/mol. The fourth-order valence-electron chi connectivity index (χ4n) is 1.79. The summed E-state index contributed by atoms with van der Waals surface area (Å²) in [6.45, 7) is 1.94. The van der Waals surface area contributed by atoms with Crippen molar-refractivity contribution >= 4 is 50.6 Å². The molecule has 0 fully saturated rings. The highest BCUT2D eigenvalue weighted by atomic mass is 79.9. The number of carbonyl (C=O) groups is 1. The van der Waals surface area contributed by atoms with E-state index in [-0.39, 0.29) is 11.0 Å². The first kappa shape index (κ1) is 13.0. The molecule has 0 atom stereocenters. The third-order valence-corrected chi connectivity index (χ3v) is 3.13. The van der Waals surface area contributed by atoms with Crippen LogP contribution in [0.4, 0.5) is 5.69 Å². The zero-order valence-corrected chi connectivity index (χ0v) is 12.0. The first-order chi connectivity index (χ1) is 8.49. The van der Waals surface area contributed by atoms with Gasteiger partial charge >= 0.3 is 0 Å². The van der Waals surface area contributed by atoms with Gasteiger partial charge in [0, 0.05) is 17.0 Å². The first-order valence-corrected chi connectivity index (χ1v) is 6.39. The summed E-state index contributed by atoms with van der Waals surface area (Å²) in [5.74, 6) is -0.0286. The number of hydrazone groups is 1. The van der Waals surface area contributed by atoms with Crippen molar-refractivity contribution in [3.05, 3.63) is 28.2 Å². The van der Waals surface area contributed by atoms with Crippen LogP contribution in [-0.2, 0) is 4.79 Å². The molecule has 1 aromatic carbocycles. The van der Waals surface area contributed by atoms with E-state index >= 15 is 0 Å². The van der Waals surface area contributed by atoms with Crippen molar-refractivity contribution in [2.75, 3.05) is 11.4 Å². The molecule has 0 spiro atoms. The molecule has 18 heavy (non-hydrogen) atoms. The van der Waals surface area contributed by atoms with Crippen LogP contribution in [0.5, 0.6) is 0 Å². The van der Waals surface area contributed by atoms with Crippen molar-refractivity contribution in [3.63, 3.8) is 0 Å². The maximum Gasteiger partial charge on any atom is 0.224 e. The van der Waals surface area contributed by atoms with Gasteiger partial charge in [-0.05, 0) is 30.4 Å². The van der Waals surface area contributed by atoms with Gasteiger partial charge in [0.25, 0.3) is 0 Å². The van der Waals surface area contributed by atoms with Crippen molar-refractivity contribution in [2.24, 2.45) is 10.8 Å². The van der Waals surface area contributed by atoms with Gasteiger partial charge in [-0.1, -0.05) is 15.9 Å². The minimum Gasteiger partial charge on any atom is -0.375 e. The van der Waals surface area contributed by atoms with E-state index in [2.05, 4.69) is 26.5 Å². The summed E-state index contributed by atoms with van der Waals surface area (Å²) < 4.78 is 0.926. The van der Waals surface area contributed by atoms with Crippen molar-refractivity contribution in [1.29, 1.82) is 0 Å². The van der Waals surface area contributed by atoms with Crippen molar-refractivity contribution in [3.8, 4) is 0 Å². The van der Waals surface area contributed by atoms with E-state index in [9.17, 15) is 4.79 Å². The molecular weight excluding hydrogens is 316 g/mol. The number of anilines is 1. The van der Waals surface area contributed by atoms with Crippen LogP contribution in [0.3, 0.4) is 0 Å². The Bertz CT molecular complexity index is 558. The molecule has 0 aliphatic carbocycles. The topological polar surface area (TPSA) is 70.7 Å². The summed E-state index contributed by atoms with van der Waals surface area (Å²) in [4.78, 5) is 13.2. The molecule has 5 nitrogen and oxygen atoms in total. The molecule has 0 bridgehead atoms. The monoisotopic (exact) mass is 326 g/mol. The smallest absolute Gasteiger partial charge is 0.224 e. The fourth-order valence-corrected chi connectivity index (χ4v) is 2.20. The van der Waals surface area contributed by atoms with E-state index in [1.165, 1.54) is 6.92 Å². The molecule has 2 rings (SSSR count). The second-order valence-corrected chi connectivity index (χ2v) is 5.16. The first-order valence-electron chi connectivity index (χ1n) is 5.19. The van der Waals surface area contributed by atoms with Gasteiger partial charge in [-0.25, -0.2) is 0 Å². The predicted octanol–water partition coefficient (Wildman–Crippen LogP) is 1.35. The van der Waals surface area contributed by atoms with Crippen molar-refractivity contribution in [2.45, 2.75) is 6.92 Å². The molecule has 1 amide bonds. The summed E-state index contributed by atoms with van der Waals surface area (Å²) in [7, 11) is 0. The van der Waals surface area contributed by atoms with Gasteiger partial charge in [0.2, 0.25) is 5.91 Å². The quantitative estimate of drug-likeness (QED) is 0.603. The highest BCUT2D eigenvalue weighted by molar-refractivity contribution is 9.10. The second-order valence-electron chi connectivity index (χ2n) is 3.80. The number of carbonyl (C=O) groups excluding carboxylic acids is 1. The van der Waals surface area contributed by atoms with Gasteiger partial charge in [0.05, 0.1) is 17.9 Å². The maximum atomic E-state index is 11.6. The Morgan fingerprint density at radius 3 is 2.94 bits per heavy atom. The Labute approximate surface area is 118 Å². The number of thiocarbonyl (C=S) groups is 1. The number of rotatable bonds is 1. The van der Waals surface area contributed by atoms with Gasteiger partial charge in [-0.2, -0.15) is 5.10 Å². The minimum atomic E-state index is -0.0286. The van der Waals surface area contributed by atoms with Gasteiger partial charge in [0.15, 0.2) is 5.11 Å². The van der Waals surface area contributed by atoms with Crippen LogP contribution >= 0.6 is 28.1 Å². The molecule has 1 aliphatic rings. The molecule has 3 N–H and O–H groups in total. The Balaban J connectivity index is 2.44.